The lowest BCUT2D eigenvalue weighted by atomic mass is 9.90. The molecule has 596 valence electrons. The largest absolute Gasteiger partial charge is 0.744 e. The van der Waals surface area contributed by atoms with Crippen molar-refractivity contribution in [1.82, 2.24) is 0 Å². The Morgan fingerprint density at radius 2 is 0.733 bits per heavy atom. The Morgan fingerprint density at radius 1 is 0.371 bits per heavy atom. The molecule has 2 heterocycles. The minimum Gasteiger partial charge on any atom is -0.744 e. The van der Waals surface area contributed by atoms with Crippen LogP contribution in [0.15, 0.2) is 251 Å². The summed E-state index contributed by atoms with van der Waals surface area (Å²) in [6.07, 6.45) is 10.8. The summed E-state index contributed by atoms with van der Waals surface area (Å²) >= 11 is 0. The van der Waals surface area contributed by atoms with Gasteiger partial charge >= 0.3 is 10.6 Å². The predicted octanol–water partition coefficient (Wildman–Crippen LogP) is 14.0. The zero-order chi connectivity index (χ0) is 83.9. The lowest BCUT2D eigenvalue weighted by Gasteiger charge is -2.24. The van der Waals surface area contributed by atoms with E-state index in [2.05, 4.69) is 145 Å². The number of anilines is 2. The van der Waals surface area contributed by atoms with Gasteiger partial charge in [0.2, 0.25) is 20.0 Å². The van der Waals surface area contributed by atoms with Crippen molar-refractivity contribution in [2.45, 2.75) is 82.9 Å². The highest BCUT2D eigenvalue weighted by Crippen LogP contribution is 2.42. The summed E-state index contributed by atoms with van der Waals surface area (Å²) < 4.78 is 195. The Morgan fingerprint density at radius 3 is 1.10 bits per heavy atom. The van der Waals surface area contributed by atoms with Crippen molar-refractivity contribution in [3.05, 3.63) is 369 Å². The van der Waals surface area contributed by atoms with E-state index < -0.39 is 65.9 Å². The van der Waals surface area contributed by atoms with Gasteiger partial charge in [-0.25, -0.2) is 33.7 Å². The highest BCUT2D eigenvalue weighted by molar-refractivity contribution is 7.92. The molecule has 0 saturated carbocycles. The second-order valence-electron chi connectivity index (χ2n) is 28.2. The van der Waals surface area contributed by atoms with E-state index in [4.69, 9.17) is 22.1 Å². The van der Waals surface area contributed by atoms with Crippen molar-refractivity contribution >= 4 is 108 Å². The number of sulfonamides is 2. The van der Waals surface area contributed by atoms with Gasteiger partial charge in [0, 0.05) is 49.5 Å². The van der Waals surface area contributed by atoms with E-state index in [1.807, 2.05) is 77.5 Å². The molecule has 26 heteroatoms. The van der Waals surface area contributed by atoms with Crippen LogP contribution in [0, 0.1) is 55.4 Å². The molecule has 0 fully saturated rings. The van der Waals surface area contributed by atoms with E-state index in [1.54, 1.807) is 72.8 Å². The lowest BCUT2D eigenvalue weighted by molar-refractivity contribution is 0.460. The van der Waals surface area contributed by atoms with E-state index in [0.717, 1.165) is 85.7 Å². The molecule has 20 nitrogen and oxygen atoms in total. The minimum absolute atomic E-state index is 0.246. The average molecular weight is 1670 g/mol. The molecule has 2 aliphatic rings. The van der Waals surface area contributed by atoms with Gasteiger partial charge in [0.15, 0.2) is 0 Å². The maximum Gasteiger partial charge on any atom is 0.425 e. The van der Waals surface area contributed by atoms with E-state index >= 15 is 0 Å². The van der Waals surface area contributed by atoms with Crippen LogP contribution in [0.25, 0.3) is 35.5 Å². The maximum absolute atomic E-state index is 12.4. The molecule has 0 spiro atoms. The Balaban J connectivity index is 0.000000171. The first-order valence-corrected chi connectivity index (χ1v) is 45.0. The second kappa shape index (κ2) is 35.2. The first-order chi connectivity index (χ1) is 54.7. The van der Waals surface area contributed by atoms with Gasteiger partial charge in [-0.05, 0) is 253 Å². The van der Waals surface area contributed by atoms with Crippen LogP contribution in [0.2, 0.25) is 0 Å². The molecule has 0 bridgehead atoms. The second-order valence-corrected chi connectivity index (χ2v) is 36.2. The molecule has 12 aromatic rings. The average Bonchev–Trinajstić information content (AvgIpc) is 0.745. The number of benzene rings is 12. The topological polar surface area (TPSA) is 331 Å². The fraction of sp³-hybridized carbons (Fsp3) is 0.133. The van der Waals surface area contributed by atoms with Crippen molar-refractivity contribution < 1.29 is 77.8 Å². The summed E-state index contributed by atoms with van der Waals surface area (Å²) in [6, 6.07) is 72.1. The zero-order valence-electron chi connectivity index (χ0n) is 64.6. The van der Waals surface area contributed by atoms with E-state index in [0.29, 0.717) is 62.1 Å². The predicted molar refractivity (Wildman–Crippen MR) is 451 cm³/mol. The first kappa shape index (κ1) is 85.2. The number of fused-ring (bicyclic) bond motifs is 4. The Bertz CT molecular complexity index is 6580. The zero-order valence-corrected chi connectivity index (χ0v) is 69.5. The van der Waals surface area contributed by atoms with E-state index in [1.165, 1.54) is 79.9 Å². The van der Waals surface area contributed by atoms with Crippen LogP contribution in [0.3, 0.4) is 0 Å². The molecule has 3 N–H and O–H groups in total. The number of rotatable bonds is 17. The third-order valence-corrected chi connectivity index (χ3v) is 23.4. The molecule has 12 aromatic carbocycles. The molecule has 0 radical (unpaired) electrons. The molecule has 0 aliphatic carbocycles. The number of aryl methyl sites for hydroxylation is 8. The van der Waals surface area contributed by atoms with Gasteiger partial charge in [-0.2, -0.15) is 8.42 Å². The van der Waals surface area contributed by atoms with Crippen molar-refractivity contribution in [2.75, 3.05) is 22.0 Å². The van der Waals surface area contributed by atoms with Crippen LogP contribution in [0.4, 0.5) is 11.4 Å². The van der Waals surface area contributed by atoms with Crippen LogP contribution in [0.5, 0.6) is 23.0 Å². The van der Waals surface area contributed by atoms with Gasteiger partial charge < -0.3 is 18.6 Å². The summed E-state index contributed by atoms with van der Waals surface area (Å²) in [5.74, 6) is 2.48. The molecule has 0 atom stereocenters. The van der Waals surface area contributed by atoms with Crippen LogP contribution in [-0.2, 0) is 73.9 Å². The summed E-state index contributed by atoms with van der Waals surface area (Å²) in [6.45, 7) is 16.8. The molecule has 2 aliphatic heterocycles. The number of hydrogen-bond donors (Lipinski definition) is 3. The Labute approximate surface area is 677 Å². The molecule has 14 rings (SSSR count). The number of ether oxygens (including phenoxy) is 2. The SMILES string of the molecule is CS(=O)(=O)Nc1ccc(C=Cc2ccc(NS(C)(=O)=O)c(S(=O)(=O)O)c2)cc1.Cc1cccc(C)c1/C=c1\ccc2c(c1)Oc1cc(Cc3c(C)cccc3C)ccc1C=2c1ccccc1S(=O)(=O)[O-].Cc1cccc(C)c1/C=c1\ccc2c(c1)Oc1cc(Cc3c(C)cccc3C)ccc1C=2c1ccccc1S(=O)(=O)[O-].O=S(=O)=O. The fourth-order valence-electron chi connectivity index (χ4n) is 14.0. The first-order valence-electron chi connectivity index (χ1n) is 36.0. The highest BCUT2D eigenvalue weighted by Gasteiger charge is 2.27. The van der Waals surface area contributed by atoms with Crippen molar-refractivity contribution in [1.29, 1.82) is 0 Å². The van der Waals surface area contributed by atoms with Gasteiger partial charge in [0.1, 0.15) is 48.1 Å². The Kier molecular flexibility index (Phi) is 25.8. The van der Waals surface area contributed by atoms with Crippen molar-refractivity contribution in [3.8, 4) is 23.0 Å². The molecule has 116 heavy (non-hydrogen) atoms. The summed E-state index contributed by atoms with van der Waals surface area (Å²) in [7, 11) is -24.3. The number of nitrogens with one attached hydrogen (secondary N) is 2. The molecular weight excluding hydrogens is 1590 g/mol. The summed E-state index contributed by atoms with van der Waals surface area (Å²) in [5, 5.41) is 3.40. The van der Waals surface area contributed by atoms with Crippen LogP contribution >= 0.6 is 0 Å². The molecule has 0 amide bonds. The van der Waals surface area contributed by atoms with Gasteiger partial charge in [0.05, 0.1) is 28.0 Å². The maximum atomic E-state index is 12.4. The third kappa shape index (κ3) is 21.2. The molecule has 0 saturated heterocycles. The summed E-state index contributed by atoms with van der Waals surface area (Å²) in [5.41, 5.74) is 21.4. The summed E-state index contributed by atoms with van der Waals surface area (Å²) in [4.78, 5) is -1.07. The lowest BCUT2D eigenvalue weighted by Crippen LogP contribution is -2.21. The van der Waals surface area contributed by atoms with Crippen LogP contribution in [0.1, 0.15) is 111 Å². The molecular formula is C90H80N2O18S6-2. The molecule has 0 aromatic heterocycles. The smallest absolute Gasteiger partial charge is 0.425 e. The number of hydrogen-bond acceptors (Lipinski definition) is 17. The van der Waals surface area contributed by atoms with Crippen LogP contribution < -0.4 is 39.8 Å². The van der Waals surface area contributed by atoms with Crippen LogP contribution in [-0.4, -0.2) is 80.9 Å². The third-order valence-electron chi connectivity index (χ3n) is 19.5. The van der Waals surface area contributed by atoms with Gasteiger partial charge in [0.25, 0.3) is 10.1 Å². The standard InChI is InChI=1S/2C37H32O4S.C16H18N2O7S3.O3S/c2*1-23-9-7-10-24(2)32(23)19-27-15-17-29-34(21-27)41-35-22-28(20-33-25(3)11-8-12-26(33)4)16-18-30(35)37(29)31-13-5-6-14-36(31)42(38,39)40;1-26(19,20)17-14-8-5-12(6-9-14)3-4-13-7-10-15(18-27(2,21)22)16(11-13)28(23,24)25;1-4(2)3/h2*5-19,21-22H,20H2,1-4H3,(H,38,39,40);3-11,17-18H,1-2H3,(H,23,24,25);/p-2/b2*27-19+;;. The fourth-order valence-corrected chi connectivity index (χ4v) is 17.2. The Hall–Kier alpha value is -11.7. The van der Waals surface area contributed by atoms with Crippen molar-refractivity contribution in [2.24, 2.45) is 0 Å². The normalized spacial score (nSPS) is 12.7. The van der Waals surface area contributed by atoms with E-state index in [9.17, 15) is 55.7 Å². The van der Waals surface area contributed by atoms with Gasteiger partial charge in [-0.3, -0.25) is 14.0 Å². The van der Waals surface area contributed by atoms with Gasteiger partial charge in [-0.15, -0.1) is 12.6 Å². The monoisotopic (exact) mass is 1670 g/mol. The molecule has 0 unspecified atom stereocenters. The minimum atomic E-state index is -4.72. The highest BCUT2D eigenvalue weighted by atomic mass is 32.2. The van der Waals surface area contributed by atoms with Gasteiger partial charge in [-0.1, -0.05) is 176 Å². The van der Waals surface area contributed by atoms with Crippen molar-refractivity contribution in [3.63, 3.8) is 0 Å². The van der Waals surface area contributed by atoms with E-state index in [-0.39, 0.29) is 15.5 Å². The quantitative estimate of drug-likeness (QED) is 0.0563.